The number of ketones is 1. The summed E-state index contributed by atoms with van der Waals surface area (Å²) in [6.07, 6.45) is 0. The molecule has 98 valence electrons. The van der Waals surface area contributed by atoms with Gasteiger partial charge in [-0.05, 0) is 46.6 Å². The Hall–Kier alpha value is -1.62. The van der Waals surface area contributed by atoms with Crippen molar-refractivity contribution in [2.75, 3.05) is 0 Å². The fourth-order valence-corrected chi connectivity index (χ4v) is 2.04. The summed E-state index contributed by atoms with van der Waals surface area (Å²) in [6.45, 7) is 1.41. The van der Waals surface area contributed by atoms with E-state index < -0.39 is 28.8 Å². The molecule has 19 heavy (non-hydrogen) atoms. The summed E-state index contributed by atoms with van der Waals surface area (Å²) in [7, 11) is 0. The van der Waals surface area contributed by atoms with Gasteiger partial charge in [-0.3, -0.25) is 4.79 Å². The Morgan fingerprint density at radius 2 is 1.74 bits per heavy atom. The van der Waals surface area contributed by atoms with E-state index in [1.54, 1.807) is 0 Å². The van der Waals surface area contributed by atoms with Gasteiger partial charge in [-0.15, -0.1) is 0 Å². The van der Waals surface area contributed by atoms with E-state index in [1.807, 2.05) is 0 Å². The Bertz CT molecular complexity index is 668. The minimum atomic E-state index is -1.02. The molecule has 0 fully saturated rings. The Balaban J connectivity index is 2.63. The largest absolute Gasteiger partial charge is 0.288 e. The van der Waals surface area contributed by atoms with Crippen molar-refractivity contribution >= 4 is 21.7 Å². The van der Waals surface area contributed by atoms with E-state index in [1.165, 1.54) is 31.2 Å². The molecule has 0 heterocycles. The number of benzene rings is 2. The number of rotatable bonds is 2. The number of hydrogen-bond donors (Lipinski definition) is 0. The molecular formula is C14H8BrF3O. The molecule has 0 unspecified atom stereocenters. The van der Waals surface area contributed by atoms with Gasteiger partial charge < -0.3 is 0 Å². The molecule has 0 atom stereocenters. The third kappa shape index (κ3) is 2.42. The smallest absolute Gasteiger partial charge is 0.201 e. The first-order valence-corrected chi connectivity index (χ1v) is 6.16. The molecule has 0 amide bonds. The van der Waals surface area contributed by atoms with Gasteiger partial charge in [-0.1, -0.05) is 12.1 Å². The summed E-state index contributed by atoms with van der Waals surface area (Å²) in [5.41, 5.74) is -0.991. The van der Waals surface area contributed by atoms with Crippen LogP contribution in [-0.4, -0.2) is 5.78 Å². The molecule has 0 spiro atoms. The maximum Gasteiger partial charge on any atom is 0.201 e. The second-order valence-electron chi connectivity index (χ2n) is 3.98. The Morgan fingerprint density at radius 3 is 2.42 bits per heavy atom. The van der Waals surface area contributed by atoms with Gasteiger partial charge >= 0.3 is 0 Å². The van der Waals surface area contributed by atoms with E-state index in [0.29, 0.717) is 0 Å². The lowest BCUT2D eigenvalue weighted by molar-refractivity contribution is 0.102. The van der Waals surface area contributed by atoms with Gasteiger partial charge in [0.05, 0.1) is 15.6 Å². The average molecular weight is 329 g/mol. The molecule has 0 aliphatic carbocycles. The zero-order valence-corrected chi connectivity index (χ0v) is 11.4. The Kier molecular flexibility index (Phi) is 3.75. The highest BCUT2D eigenvalue weighted by Gasteiger charge is 2.23. The highest BCUT2D eigenvalue weighted by molar-refractivity contribution is 9.10. The molecule has 0 aliphatic heterocycles. The van der Waals surface area contributed by atoms with E-state index in [2.05, 4.69) is 15.9 Å². The summed E-state index contributed by atoms with van der Waals surface area (Å²) in [4.78, 5) is 12.1. The molecule has 0 aliphatic rings. The number of hydrogen-bond acceptors (Lipinski definition) is 1. The molecule has 0 N–H and O–H groups in total. The van der Waals surface area contributed by atoms with E-state index >= 15 is 0 Å². The van der Waals surface area contributed by atoms with Gasteiger partial charge in [0, 0.05) is 0 Å². The zero-order chi connectivity index (χ0) is 14.2. The van der Waals surface area contributed by atoms with Crippen LogP contribution in [0.3, 0.4) is 0 Å². The molecule has 1 nitrogen and oxygen atoms in total. The SMILES string of the molecule is Cc1ccc(F)c(C(=O)c2cccc(Br)c2F)c1F. The summed E-state index contributed by atoms with van der Waals surface area (Å²) in [5, 5.41) is 0. The highest BCUT2D eigenvalue weighted by Crippen LogP contribution is 2.24. The summed E-state index contributed by atoms with van der Waals surface area (Å²) in [5.74, 6) is -3.83. The molecule has 2 aromatic rings. The van der Waals surface area contributed by atoms with E-state index in [9.17, 15) is 18.0 Å². The van der Waals surface area contributed by atoms with Gasteiger partial charge in [0.2, 0.25) is 5.78 Å². The number of carbonyl (C=O) groups is 1. The Labute approximate surface area is 116 Å². The van der Waals surface area contributed by atoms with Crippen LogP contribution < -0.4 is 0 Å². The van der Waals surface area contributed by atoms with Crippen LogP contribution in [0.4, 0.5) is 13.2 Å². The van der Waals surface area contributed by atoms with Gasteiger partial charge in [0.1, 0.15) is 17.5 Å². The molecule has 0 saturated carbocycles. The number of aryl methyl sites for hydroxylation is 1. The number of carbonyl (C=O) groups excluding carboxylic acids is 1. The van der Waals surface area contributed by atoms with Crippen molar-refractivity contribution in [2.24, 2.45) is 0 Å². The quantitative estimate of drug-likeness (QED) is 0.746. The minimum absolute atomic E-state index is 0.0619. The summed E-state index contributed by atoms with van der Waals surface area (Å²) < 4.78 is 41.3. The van der Waals surface area contributed by atoms with Gasteiger partial charge in [-0.2, -0.15) is 0 Å². The van der Waals surface area contributed by atoms with Crippen molar-refractivity contribution < 1.29 is 18.0 Å². The van der Waals surface area contributed by atoms with Gasteiger partial charge in [-0.25, -0.2) is 13.2 Å². The maximum absolute atomic E-state index is 13.8. The monoisotopic (exact) mass is 328 g/mol. The van der Waals surface area contributed by atoms with Crippen molar-refractivity contribution in [1.29, 1.82) is 0 Å². The Morgan fingerprint density at radius 1 is 1.05 bits per heavy atom. The lowest BCUT2D eigenvalue weighted by atomic mass is 10.00. The van der Waals surface area contributed by atoms with Crippen LogP contribution in [0.25, 0.3) is 0 Å². The zero-order valence-electron chi connectivity index (χ0n) is 9.81. The molecule has 2 aromatic carbocycles. The molecule has 0 saturated heterocycles. The topological polar surface area (TPSA) is 17.1 Å². The first-order chi connectivity index (χ1) is 8.93. The van der Waals surface area contributed by atoms with E-state index in [0.717, 1.165) is 6.07 Å². The molecule has 0 bridgehead atoms. The minimum Gasteiger partial charge on any atom is -0.288 e. The molecule has 0 radical (unpaired) electrons. The van der Waals surface area contributed by atoms with Crippen LogP contribution in [0.1, 0.15) is 21.5 Å². The van der Waals surface area contributed by atoms with Crippen LogP contribution in [0.15, 0.2) is 34.8 Å². The predicted molar refractivity (Wildman–Crippen MR) is 68.6 cm³/mol. The lowest BCUT2D eigenvalue weighted by Crippen LogP contribution is -2.10. The molecule has 5 heteroatoms. The van der Waals surface area contributed by atoms with Gasteiger partial charge in [0.15, 0.2) is 0 Å². The van der Waals surface area contributed by atoms with E-state index in [4.69, 9.17) is 0 Å². The molecule has 0 aromatic heterocycles. The van der Waals surface area contributed by atoms with Crippen LogP contribution >= 0.6 is 15.9 Å². The average Bonchev–Trinajstić information content (AvgIpc) is 2.37. The van der Waals surface area contributed by atoms with Gasteiger partial charge in [0.25, 0.3) is 0 Å². The van der Waals surface area contributed by atoms with Crippen molar-refractivity contribution in [1.82, 2.24) is 0 Å². The fourth-order valence-electron chi connectivity index (χ4n) is 1.68. The molecule has 2 rings (SSSR count). The highest BCUT2D eigenvalue weighted by atomic mass is 79.9. The third-order valence-electron chi connectivity index (χ3n) is 2.71. The first-order valence-electron chi connectivity index (χ1n) is 5.36. The molecular weight excluding hydrogens is 321 g/mol. The normalized spacial score (nSPS) is 10.6. The first kappa shape index (κ1) is 13.8. The number of halogens is 4. The predicted octanol–water partition coefficient (Wildman–Crippen LogP) is 4.41. The van der Waals surface area contributed by atoms with Crippen molar-refractivity contribution in [2.45, 2.75) is 6.92 Å². The van der Waals surface area contributed by atoms with E-state index in [-0.39, 0.29) is 15.6 Å². The fraction of sp³-hybridized carbons (Fsp3) is 0.0714. The van der Waals surface area contributed by atoms with Crippen LogP contribution in [0.2, 0.25) is 0 Å². The standard InChI is InChI=1S/C14H8BrF3O/c1-7-5-6-10(16)11(12(7)17)14(19)8-3-2-4-9(15)13(8)18/h2-6H,1H3. The summed E-state index contributed by atoms with van der Waals surface area (Å²) in [6, 6.07) is 6.21. The van der Waals surface area contributed by atoms with Crippen LogP contribution in [0, 0.1) is 24.4 Å². The third-order valence-corrected chi connectivity index (χ3v) is 3.32. The van der Waals surface area contributed by atoms with Crippen molar-refractivity contribution in [3.8, 4) is 0 Å². The lowest BCUT2D eigenvalue weighted by Gasteiger charge is -2.08. The van der Waals surface area contributed by atoms with Crippen LogP contribution in [-0.2, 0) is 0 Å². The van der Waals surface area contributed by atoms with Crippen molar-refractivity contribution in [3.63, 3.8) is 0 Å². The summed E-state index contributed by atoms with van der Waals surface area (Å²) >= 11 is 2.92. The maximum atomic E-state index is 13.8. The van der Waals surface area contributed by atoms with Crippen molar-refractivity contribution in [3.05, 3.63) is 68.9 Å². The second-order valence-corrected chi connectivity index (χ2v) is 4.84. The second kappa shape index (κ2) is 5.17. The van der Waals surface area contributed by atoms with Crippen LogP contribution in [0.5, 0.6) is 0 Å².